The highest BCUT2D eigenvalue weighted by atomic mass is 79.9. The van der Waals surface area contributed by atoms with E-state index in [1.165, 1.54) is 0 Å². The first kappa shape index (κ1) is 12.6. The van der Waals surface area contributed by atoms with Gasteiger partial charge in [-0.05, 0) is 35.0 Å². The summed E-state index contributed by atoms with van der Waals surface area (Å²) in [5.74, 6) is 1.56. The molecule has 0 aliphatic rings. The van der Waals surface area contributed by atoms with Crippen LogP contribution in [0.15, 0.2) is 22.7 Å². The molecule has 0 amide bonds. The molecule has 16 heavy (non-hydrogen) atoms. The second-order valence-electron chi connectivity index (χ2n) is 3.16. The Bertz CT molecular complexity index is 437. The van der Waals surface area contributed by atoms with Gasteiger partial charge in [0.25, 0.3) is 0 Å². The summed E-state index contributed by atoms with van der Waals surface area (Å²) in [5.41, 5.74) is 0.891. The Morgan fingerprint density at radius 3 is 2.81 bits per heavy atom. The van der Waals surface area contributed by atoms with Gasteiger partial charge in [0.2, 0.25) is 0 Å². The Morgan fingerprint density at radius 2 is 2.31 bits per heavy atom. The highest BCUT2D eigenvalue weighted by molar-refractivity contribution is 9.10. The van der Waals surface area contributed by atoms with Crippen molar-refractivity contribution in [3.63, 3.8) is 0 Å². The van der Waals surface area contributed by atoms with Gasteiger partial charge in [-0.1, -0.05) is 12.0 Å². The van der Waals surface area contributed by atoms with Crippen LogP contribution in [0.3, 0.4) is 0 Å². The van der Waals surface area contributed by atoms with Crippen molar-refractivity contribution in [1.82, 2.24) is 0 Å². The van der Waals surface area contributed by atoms with Crippen LogP contribution in [0, 0.1) is 12.3 Å². The fourth-order valence-corrected chi connectivity index (χ4v) is 1.99. The Hall–Kier alpha value is -1.47. The van der Waals surface area contributed by atoms with Crippen molar-refractivity contribution in [2.45, 2.75) is 6.92 Å². The Kier molecular flexibility index (Phi) is 4.39. The molecule has 1 aromatic rings. The van der Waals surface area contributed by atoms with Crippen LogP contribution in [0.2, 0.25) is 0 Å². The van der Waals surface area contributed by atoms with Crippen LogP contribution in [0.5, 0.6) is 0 Å². The molecule has 3 nitrogen and oxygen atoms in total. The zero-order chi connectivity index (χ0) is 12.1. The number of benzene rings is 1. The molecule has 84 valence electrons. The number of hydrogen-bond acceptors (Lipinski definition) is 2. The number of rotatable bonds is 4. The lowest BCUT2D eigenvalue weighted by molar-refractivity contribution is 0.0696. The maximum Gasteiger partial charge on any atom is 0.338 e. The summed E-state index contributed by atoms with van der Waals surface area (Å²) < 4.78 is 0.563. The normalized spacial score (nSPS) is 9.56. The van der Waals surface area contributed by atoms with Gasteiger partial charge in [0.1, 0.15) is 0 Å². The fraction of sp³-hybridized carbons (Fsp3) is 0.250. The van der Waals surface area contributed by atoms with Gasteiger partial charge in [-0.2, -0.15) is 0 Å². The van der Waals surface area contributed by atoms with E-state index in [2.05, 4.69) is 21.9 Å². The third-order valence-electron chi connectivity index (χ3n) is 2.21. The second kappa shape index (κ2) is 5.57. The lowest BCUT2D eigenvalue weighted by Gasteiger charge is -2.22. The first-order valence-electron chi connectivity index (χ1n) is 4.82. The predicted octanol–water partition coefficient (Wildman–Crippen LogP) is 2.61. The minimum atomic E-state index is -0.960. The maximum atomic E-state index is 11.2. The predicted molar refractivity (Wildman–Crippen MR) is 67.8 cm³/mol. The van der Waals surface area contributed by atoms with Crippen molar-refractivity contribution in [3.8, 4) is 12.3 Å². The molecule has 0 fully saturated rings. The van der Waals surface area contributed by atoms with E-state index in [-0.39, 0.29) is 5.56 Å². The molecule has 1 aromatic carbocycles. The molecule has 0 aliphatic heterocycles. The molecule has 0 unspecified atom stereocenters. The van der Waals surface area contributed by atoms with Crippen molar-refractivity contribution >= 4 is 27.6 Å². The molecule has 0 bridgehead atoms. The van der Waals surface area contributed by atoms with Crippen LogP contribution >= 0.6 is 15.9 Å². The minimum Gasteiger partial charge on any atom is -0.478 e. The smallest absolute Gasteiger partial charge is 0.338 e. The number of hydrogen-bond donors (Lipinski definition) is 1. The molecule has 0 saturated heterocycles. The molecule has 1 rings (SSSR count). The minimum absolute atomic E-state index is 0.250. The molecule has 0 aliphatic carbocycles. The van der Waals surface area contributed by atoms with Crippen molar-refractivity contribution in [2.75, 3.05) is 18.0 Å². The Labute approximate surface area is 103 Å². The summed E-state index contributed by atoms with van der Waals surface area (Å²) in [6.45, 7) is 3.00. The van der Waals surface area contributed by atoms with Gasteiger partial charge >= 0.3 is 5.97 Å². The highest BCUT2D eigenvalue weighted by Crippen LogP contribution is 2.27. The molecular weight excluding hydrogens is 270 g/mol. The van der Waals surface area contributed by atoms with E-state index in [1.807, 2.05) is 11.8 Å². The SMILES string of the molecule is C#CCN(CC)c1cccc(Br)c1C(=O)O. The van der Waals surface area contributed by atoms with E-state index >= 15 is 0 Å². The molecule has 0 spiro atoms. The fourth-order valence-electron chi connectivity index (χ4n) is 1.47. The molecule has 1 N–H and O–H groups in total. The van der Waals surface area contributed by atoms with Crippen molar-refractivity contribution in [3.05, 3.63) is 28.2 Å². The van der Waals surface area contributed by atoms with E-state index < -0.39 is 5.97 Å². The van der Waals surface area contributed by atoms with Crippen LogP contribution in [0.4, 0.5) is 5.69 Å². The quantitative estimate of drug-likeness (QED) is 0.863. The number of anilines is 1. The van der Waals surface area contributed by atoms with Crippen LogP contribution < -0.4 is 4.90 Å². The summed E-state index contributed by atoms with van der Waals surface area (Å²) in [4.78, 5) is 13.0. The first-order valence-corrected chi connectivity index (χ1v) is 5.61. The Morgan fingerprint density at radius 1 is 1.62 bits per heavy atom. The number of carboxylic acid groups (broad SMARTS) is 1. The molecule has 4 heteroatoms. The first-order chi connectivity index (χ1) is 7.61. The molecule has 0 saturated carbocycles. The van der Waals surface area contributed by atoms with E-state index in [0.717, 1.165) is 0 Å². The van der Waals surface area contributed by atoms with E-state index in [0.29, 0.717) is 23.2 Å². The summed E-state index contributed by atoms with van der Waals surface area (Å²) in [6.07, 6.45) is 5.26. The number of aromatic carboxylic acids is 1. The van der Waals surface area contributed by atoms with Crippen LogP contribution in [0.25, 0.3) is 0 Å². The molecule has 0 atom stereocenters. The summed E-state index contributed by atoms with van der Waals surface area (Å²) in [5, 5.41) is 9.15. The van der Waals surface area contributed by atoms with Gasteiger partial charge in [-0.15, -0.1) is 6.42 Å². The number of nitrogens with zero attached hydrogens (tertiary/aromatic N) is 1. The Balaban J connectivity index is 3.27. The summed E-state index contributed by atoms with van der Waals surface area (Å²) in [6, 6.07) is 5.26. The van der Waals surface area contributed by atoms with E-state index in [9.17, 15) is 4.79 Å². The third kappa shape index (κ3) is 2.56. The van der Waals surface area contributed by atoms with Gasteiger partial charge in [-0.25, -0.2) is 4.79 Å². The monoisotopic (exact) mass is 281 g/mol. The number of terminal acetylenes is 1. The van der Waals surface area contributed by atoms with Gasteiger partial charge in [0.15, 0.2) is 0 Å². The van der Waals surface area contributed by atoms with Crippen molar-refractivity contribution in [1.29, 1.82) is 0 Å². The zero-order valence-corrected chi connectivity index (χ0v) is 10.5. The number of carboxylic acids is 1. The lowest BCUT2D eigenvalue weighted by Crippen LogP contribution is -2.25. The van der Waals surface area contributed by atoms with Crippen LogP contribution in [-0.2, 0) is 0 Å². The number of carbonyl (C=O) groups is 1. The van der Waals surface area contributed by atoms with E-state index in [1.54, 1.807) is 18.2 Å². The summed E-state index contributed by atoms with van der Waals surface area (Å²) in [7, 11) is 0. The van der Waals surface area contributed by atoms with Crippen molar-refractivity contribution in [2.24, 2.45) is 0 Å². The van der Waals surface area contributed by atoms with Crippen LogP contribution in [0.1, 0.15) is 17.3 Å². The largest absolute Gasteiger partial charge is 0.478 e. The van der Waals surface area contributed by atoms with Gasteiger partial charge in [0, 0.05) is 11.0 Å². The average molecular weight is 282 g/mol. The van der Waals surface area contributed by atoms with E-state index in [4.69, 9.17) is 11.5 Å². The third-order valence-corrected chi connectivity index (χ3v) is 2.87. The van der Waals surface area contributed by atoms with Gasteiger partial charge in [-0.3, -0.25) is 0 Å². The number of halogens is 1. The second-order valence-corrected chi connectivity index (χ2v) is 4.01. The lowest BCUT2D eigenvalue weighted by atomic mass is 10.1. The zero-order valence-electron chi connectivity index (χ0n) is 8.90. The van der Waals surface area contributed by atoms with Gasteiger partial charge < -0.3 is 10.0 Å². The van der Waals surface area contributed by atoms with Crippen LogP contribution in [-0.4, -0.2) is 24.2 Å². The standard InChI is InChI=1S/C12H12BrNO2/c1-3-8-14(4-2)10-7-5-6-9(13)11(10)12(15)16/h1,5-7H,4,8H2,2H3,(H,15,16). The maximum absolute atomic E-state index is 11.2. The molecule has 0 heterocycles. The topological polar surface area (TPSA) is 40.5 Å². The average Bonchev–Trinajstić information content (AvgIpc) is 2.25. The van der Waals surface area contributed by atoms with Gasteiger partial charge in [0.05, 0.1) is 17.8 Å². The summed E-state index contributed by atoms with van der Waals surface area (Å²) >= 11 is 3.24. The molecule has 0 aromatic heterocycles. The molecule has 0 radical (unpaired) electrons. The van der Waals surface area contributed by atoms with Crippen molar-refractivity contribution < 1.29 is 9.90 Å². The molecular formula is C12H12BrNO2. The highest BCUT2D eigenvalue weighted by Gasteiger charge is 2.17.